The van der Waals surface area contributed by atoms with Crippen LogP contribution < -0.4 is 33.4 Å². The van der Waals surface area contributed by atoms with Gasteiger partial charge in [-0.15, -0.1) is 99.8 Å². The molecule has 0 aliphatic rings. The van der Waals surface area contributed by atoms with Crippen molar-refractivity contribution in [3.8, 4) is 21.7 Å². The molecule has 9 rings (SSSR count). The van der Waals surface area contributed by atoms with E-state index in [2.05, 4.69) is 188 Å². The fraction of sp³-hybridized carbons (Fsp3) is 0.404. The normalized spacial score (nSPS) is 13.2. The second-order valence-electron chi connectivity index (χ2n) is 20.0. The van der Waals surface area contributed by atoms with Crippen LogP contribution >= 0.6 is 203 Å². The lowest BCUT2D eigenvalue weighted by atomic mass is 10.2. The molecule has 0 aliphatic heterocycles. The zero-order chi connectivity index (χ0) is 84.9. The first kappa shape index (κ1) is 103. The minimum atomic E-state index is -4.44. The van der Waals surface area contributed by atoms with Gasteiger partial charge < -0.3 is 32.6 Å². The number of thiocarbonyl (C=S) groups is 1. The van der Waals surface area contributed by atoms with Crippen molar-refractivity contribution in [3.05, 3.63) is 102 Å². The fourth-order valence-corrected chi connectivity index (χ4v) is 14.1. The van der Waals surface area contributed by atoms with Crippen molar-refractivity contribution in [2.24, 2.45) is 16.6 Å². The average Bonchev–Trinajstić information content (AvgIpc) is 1.66. The summed E-state index contributed by atoms with van der Waals surface area (Å²) >= 11 is 34.8. The number of halogens is 25. The number of thiazole rings is 7. The van der Waals surface area contributed by atoms with Crippen LogP contribution in [0.25, 0.3) is 21.7 Å². The van der Waals surface area contributed by atoms with Crippen LogP contribution in [0.1, 0.15) is 104 Å². The number of hydrogen-bond donors (Lipinski definition) is 7. The first-order chi connectivity index (χ1) is 50.3. The van der Waals surface area contributed by atoms with E-state index in [1.165, 1.54) is 47.3 Å². The number of hydrogen-bond acceptors (Lipinski definition) is 27. The second-order valence-corrected chi connectivity index (χ2v) is 32.5. The van der Waals surface area contributed by atoms with Gasteiger partial charge in [0.05, 0.1) is 12.5 Å². The van der Waals surface area contributed by atoms with Gasteiger partial charge >= 0.3 is 43.0 Å². The van der Waals surface area contributed by atoms with Crippen molar-refractivity contribution in [1.82, 2.24) is 80.5 Å². The van der Waals surface area contributed by atoms with Gasteiger partial charge in [-0.05, 0) is 167 Å². The van der Waals surface area contributed by atoms with Gasteiger partial charge in [0.25, 0.3) is 5.91 Å². The number of alkyl halides is 18. The summed E-state index contributed by atoms with van der Waals surface area (Å²) in [5.74, 6) is 3.53. The number of carbonyl (C=O) groups is 4. The van der Waals surface area contributed by atoms with E-state index < -0.39 is 85.2 Å². The molecule has 1 amide bonds. The molecular formula is C52H51Br7F18N20O5S8. The fourth-order valence-electron chi connectivity index (χ4n) is 5.54. The summed E-state index contributed by atoms with van der Waals surface area (Å²) in [4.78, 5) is 71.9. The molecule has 6 atom stereocenters. The average molecular weight is 2190 g/mol. The third-order valence-electron chi connectivity index (χ3n) is 11.1. The maximum Gasteiger partial charge on any atom is 0.410 e. The van der Waals surface area contributed by atoms with Crippen molar-refractivity contribution in [2.75, 3.05) is 5.73 Å². The number of anilines is 1. The van der Waals surface area contributed by atoms with E-state index in [-0.39, 0.29) is 56.3 Å². The maximum atomic E-state index is 12.6. The van der Waals surface area contributed by atoms with Crippen LogP contribution in [0.4, 0.5) is 84.8 Å². The zero-order valence-corrected chi connectivity index (χ0v) is 73.3. The number of nitrogen functional groups attached to an aromatic ring is 1. The van der Waals surface area contributed by atoms with Gasteiger partial charge in [0.15, 0.2) is 46.4 Å². The first-order valence-electron chi connectivity index (χ1n) is 28.2. The number of nitrogens with two attached hydrogens (primary N) is 3. The Morgan fingerprint density at radius 2 is 0.855 bits per heavy atom. The van der Waals surface area contributed by atoms with Crippen LogP contribution in [0.5, 0.6) is 0 Å². The smallest absolute Gasteiger partial charge is 0.410 e. The number of ketones is 2. The van der Waals surface area contributed by atoms with Crippen LogP contribution in [0.3, 0.4) is 0 Å². The van der Waals surface area contributed by atoms with Gasteiger partial charge in [-0.1, -0.05) is 12.2 Å². The number of nitrogens with one attached hydrogen (secondary N) is 3. The van der Waals surface area contributed by atoms with Crippen LogP contribution in [-0.4, -0.2) is 165 Å². The number of rotatable bonds is 13. The Balaban J connectivity index is 0.000000631. The lowest BCUT2D eigenvalue weighted by Gasteiger charge is -2.17. The van der Waals surface area contributed by atoms with Gasteiger partial charge in [-0.2, -0.15) is 79.0 Å². The van der Waals surface area contributed by atoms with Crippen molar-refractivity contribution in [2.45, 2.75) is 135 Å². The lowest BCUT2D eigenvalue weighted by Crippen LogP contribution is -2.43. The third-order valence-corrected chi connectivity index (χ3v) is 22.2. The van der Waals surface area contributed by atoms with Gasteiger partial charge in [0.2, 0.25) is 5.01 Å². The lowest BCUT2D eigenvalue weighted by molar-refractivity contribution is -0.163. The molecule has 3 unspecified atom stereocenters. The Morgan fingerprint density at radius 3 is 1.13 bits per heavy atom. The van der Waals surface area contributed by atoms with E-state index >= 15 is 0 Å². The second kappa shape index (κ2) is 47.2. The van der Waals surface area contributed by atoms with Gasteiger partial charge in [0.1, 0.15) is 92.9 Å². The summed E-state index contributed by atoms with van der Waals surface area (Å²) in [5, 5.41) is 39.7. The highest BCUT2D eigenvalue weighted by Crippen LogP contribution is 2.36. The van der Waals surface area contributed by atoms with Crippen LogP contribution in [-0.2, 0) is 9.59 Å². The number of carbonyl (C=O) groups excluding carboxylic acids is 3. The Bertz CT molecular complexity index is 4150. The topological polar surface area (TPSA) is 367 Å². The van der Waals surface area contributed by atoms with E-state index in [0.717, 1.165) is 117 Å². The number of hydrazine groups is 1. The highest BCUT2D eigenvalue weighted by Gasteiger charge is 2.42. The summed E-state index contributed by atoms with van der Waals surface area (Å²) in [5.41, 5.74) is 12.0. The van der Waals surface area contributed by atoms with Crippen LogP contribution in [0.2, 0.25) is 0 Å². The van der Waals surface area contributed by atoms with Crippen molar-refractivity contribution < 1.29 is 103 Å². The van der Waals surface area contributed by atoms with E-state index in [9.17, 15) is 98.2 Å². The Hall–Kier alpha value is -4.85. The van der Waals surface area contributed by atoms with Crippen LogP contribution in [0, 0.1) is 0 Å². The largest absolute Gasteiger partial charge is 0.476 e. The van der Waals surface area contributed by atoms with E-state index in [4.69, 9.17) is 28.9 Å². The summed E-state index contributed by atoms with van der Waals surface area (Å²) in [6, 6.07) is -10.5. The Kier molecular flexibility index (Phi) is 44.3. The molecule has 110 heavy (non-hydrogen) atoms. The molecule has 0 fully saturated rings. The molecule has 25 nitrogen and oxygen atoms in total. The maximum absolute atomic E-state index is 12.6. The standard InChI is InChI=1S/C8H6BrF3N4S.C8H8F3N5S.C7H8BrF3N4S.C7H6BrF3N2OS.C7H6BrF3N2S2.C5H8O2.C4H2BrNO2S.C3HBr2NS.C3H6F3N/c1-4(8(10,11)12)16-3-13-15-6(16)7-14-5(9)2-17-7;1-4(8(9,10)11)16-3-13-15-6(16)7-14-5(12)2-17-7;1-3(7(9,10)11)13-5(15-12)6-14-4(8)2-16-6;2*1-3(7(9,10)11)12-5(14)6-13-4(8)2-15-6;1-4(6)3-5(2)7;5-2-1-9-3(6-2)4(7)8;4-2-1-7-3(5)6-2;1-2(7)3(4,5)6/h2-4H,1H3;2-4H,12H2,1H3;2-3H,12H2,1H3,(H,13,15);2*2-3H,1H3,(H,12,14);3H2,1-2H3;1H,(H,7,8);1H;2H,7H2,1H3/t2*4-;;;;;;;2-/m00......0/s1. The Morgan fingerprint density at radius 1 is 0.500 bits per heavy atom. The monoisotopic (exact) mass is 2190 g/mol. The van der Waals surface area contributed by atoms with Crippen molar-refractivity contribution >= 4 is 243 Å². The number of amides is 1. The summed E-state index contributed by atoms with van der Waals surface area (Å²) in [6.45, 7) is 8.62. The number of Topliss-reactive ketones (excluding diaryl/α,β-unsaturated/α-hetero) is 2. The summed E-state index contributed by atoms with van der Waals surface area (Å²) in [6.07, 6.45) is -23.9. The highest BCUT2D eigenvalue weighted by atomic mass is 79.9. The minimum absolute atomic E-state index is 0.00188. The number of aromatic carboxylic acids is 1. The molecule has 612 valence electrons. The van der Waals surface area contributed by atoms with Crippen LogP contribution in [0.15, 0.2) is 86.8 Å². The number of amidine groups is 1. The minimum Gasteiger partial charge on any atom is -0.476 e. The van der Waals surface area contributed by atoms with E-state index in [1.807, 2.05) is 10.7 Å². The predicted molar refractivity (Wildman–Crippen MR) is 408 cm³/mol. The Labute approximate surface area is 701 Å². The molecule has 58 heteroatoms. The first-order valence-corrected chi connectivity index (χ1v) is 40.3. The molecule has 0 aromatic carbocycles. The molecule has 0 saturated carbocycles. The summed E-state index contributed by atoms with van der Waals surface area (Å²) in [7, 11) is 0. The number of aliphatic imine (C=N–C) groups is 1. The molecule has 0 radical (unpaired) electrons. The number of aromatic nitrogens is 13. The molecule has 10 N–H and O–H groups in total. The van der Waals surface area contributed by atoms with E-state index in [1.54, 1.807) is 32.9 Å². The molecular weight excluding hydrogens is 2140 g/mol. The molecule has 0 spiro atoms. The SMILES string of the molecule is Brc1csc(Br)n1.CC(=O)CC(C)=O.CC(N=C(NN)c1nc(Br)cs1)C(F)(F)F.CC(NC(=O)c1nc(Br)cs1)C(F)(F)F.CC(NC(=S)c1nc(Br)cs1)C(F)(F)F.C[C@H](N)C(F)(F)F.C[C@H](n1cnnc1-c1nc(Br)cs1)C(F)(F)F.C[C@H](n1cnnc1-c1nc(N)cs1)C(F)(F)F.O=C(O)c1nc(Br)cs1. The number of carboxylic acid groups (broad SMARTS) is 1. The predicted octanol–water partition coefficient (Wildman–Crippen LogP) is 18.9. The molecule has 9 heterocycles. The van der Waals surface area contributed by atoms with E-state index in [0.29, 0.717) is 43.0 Å². The molecule has 0 bridgehead atoms. The highest BCUT2D eigenvalue weighted by molar-refractivity contribution is 9.12. The van der Waals surface area contributed by atoms with Gasteiger partial charge in [-0.25, -0.2) is 45.5 Å². The molecule has 0 saturated heterocycles. The summed E-state index contributed by atoms with van der Waals surface area (Å²) < 4.78 is 225. The zero-order valence-electron chi connectivity index (χ0n) is 55.7. The van der Waals surface area contributed by atoms with Crippen molar-refractivity contribution in [3.63, 3.8) is 0 Å². The van der Waals surface area contributed by atoms with Gasteiger partial charge in [-0.3, -0.25) is 28.5 Å². The quantitative estimate of drug-likeness (QED) is 0.0107. The number of nitrogens with zero attached hydrogens (tertiary/aromatic N) is 14. The number of carboxylic acids is 1. The third kappa shape index (κ3) is 39.9. The molecule has 9 aromatic heterocycles. The molecule has 9 aromatic rings. The van der Waals surface area contributed by atoms with Gasteiger partial charge in [0, 0.05) is 37.7 Å². The van der Waals surface area contributed by atoms with Crippen molar-refractivity contribution in [1.29, 1.82) is 0 Å². The molecule has 0 aliphatic carbocycles.